The molecular formula is C14H28N2O2. The van der Waals surface area contributed by atoms with Crippen LogP contribution in [0.2, 0.25) is 0 Å². The summed E-state index contributed by atoms with van der Waals surface area (Å²) in [6, 6.07) is -0.0650. The van der Waals surface area contributed by atoms with Gasteiger partial charge in [-0.2, -0.15) is 0 Å². The molecule has 1 atom stereocenters. The second kappa shape index (κ2) is 8.48. The van der Waals surface area contributed by atoms with Crippen molar-refractivity contribution in [3.63, 3.8) is 0 Å². The largest absolute Gasteiger partial charge is 0.465 e. The Morgan fingerprint density at radius 3 is 2.61 bits per heavy atom. The monoisotopic (exact) mass is 256 g/mol. The van der Waals surface area contributed by atoms with E-state index in [2.05, 4.69) is 24.2 Å². The molecule has 1 unspecified atom stereocenters. The van der Waals surface area contributed by atoms with Crippen LogP contribution in [0.1, 0.15) is 39.5 Å². The average Bonchev–Trinajstić information content (AvgIpc) is 2.37. The van der Waals surface area contributed by atoms with Crippen molar-refractivity contribution in [2.75, 3.05) is 33.3 Å². The van der Waals surface area contributed by atoms with Crippen LogP contribution in [0, 0.1) is 5.92 Å². The van der Waals surface area contributed by atoms with Crippen LogP contribution >= 0.6 is 0 Å². The first-order valence-corrected chi connectivity index (χ1v) is 7.26. The number of rotatable bonds is 7. The molecule has 0 aromatic rings. The van der Waals surface area contributed by atoms with E-state index in [1.165, 1.54) is 12.8 Å². The molecule has 0 aromatic heterocycles. The Bertz CT molecular complexity index is 240. The minimum absolute atomic E-state index is 0.0595. The van der Waals surface area contributed by atoms with E-state index in [0.717, 1.165) is 32.5 Å². The average molecular weight is 256 g/mol. The lowest BCUT2D eigenvalue weighted by Gasteiger charge is -2.31. The van der Waals surface area contributed by atoms with Crippen molar-refractivity contribution in [1.82, 2.24) is 10.2 Å². The highest BCUT2D eigenvalue weighted by Crippen LogP contribution is 2.16. The first-order chi connectivity index (χ1) is 8.69. The molecule has 106 valence electrons. The zero-order valence-corrected chi connectivity index (χ0v) is 12.1. The maximum Gasteiger partial charge on any atom is 0.323 e. The third-order valence-electron chi connectivity index (χ3n) is 3.66. The topological polar surface area (TPSA) is 41.6 Å². The second-order valence-electron chi connectivity index (χ2n) is 5.19. The van der Waals surface area contributed by atoms with E-state index in [1.807, 2.05) is 6.92 Å². The number of hydrogen-bond acceptors (Lipinski definition) is 4. The number of nitrogens with zero attached hydrogens (tertiary/aromatic N) is 1. The van der Waals surface area contributed by atoms with Crippen molar-refractivity contribution in [2.24, 2.45) is 5.92 Å². The summed E-state index contributed by atoms with van der Waals surface area (Å²) in [4.78, 5) is 14.1. The van der Waals surface area contributed by atoms with Crippen LogP contribution in [0.25, 0.3) is 0 Å². The van der Waals surface area contributed by atoms with Gasteiger partial charge in [-0.15, -0.1) is 0 Å². The highest BCUT2D eigenvalue weighted by molar-refractivity contribution is 5.75. The third-order valence-corrected chi connectivity index (χ3v) is 3.66. The quantitative estimate of drug-likeness (QED) is 0.703. The summed E-state index contributed by atoms with van der Waals surface area (Å²) < 4.78 is 5.17. The summed E-state index contributed by atoms with van der Waals surface area (Å²) in [5, 5.41) is 3.38. The number of hydrogen-bond donors (Lipinski definition) is 1. The van der Waals surface area contributed by atoms with Crippen molar-refractivity contribution in [3.8, 4) is 0 Å². The van der Waals surface area contributed by atoms with Crippen molar-refractivity contribution >= 4 is 5.97 Å². The maximum atomic E-state index is 11.9. The Hall–Kier alpha value is -0.610. The van der Waals surface area contributed by atoms with E-state index in [4.69, 9.17) is 4.74 Å². The summed E-state index contributed by atoms with van der Waals surface area (Å²) >= 11 is 0. The van der Waals surface area contributed by atoms with E-state index in [1.54, 1.807) is 0 Å². The fraction of sp³-hybridized carbons (Fsp3) is 0.929. The molecule has 0 aliphatic carbocycles. The van der Waals surface area contributed by atoms with Gasteiger partial charge < -0.3 is 10.1 Å². The van der Waals surface area contributed by atoms with Gasteiger partial charge in [-0.3, -0.25) is 9.69 Å². The van der Waals surface area contributed by atoms with Gasteiger partial charge in [-0.05, 0) is 52.2 Å². The predicted molar refractivity (Wildman–Crippen MR) is 73.6 cm³/mol. The van der Waals surface area contributed by atoms with E-state index in [-0.39, 0.29) is 12.0 Å². The molecule has 0 spiro atoms. The number of likely N-dealkylation sites (N-methyl/N-ethyl adjacent to an activating group) is 1. The molecule has 0 bridgehead atoms. The van der Waals surface area contributed by atoms with Gasteiger partial charge in [0.1, 0.15) is 6.04 Å². The number of ether oxygens (including phenoxy) is 1. The van der Waals surface area contributed by atoms with Crippen LogP contribution in [-0.2, 0) is 9.53 Å². The van der Waals surface area contributed by atoms with Crippen molar-refractivity contribution in [2.45, 2.75) is 45.6 Å². The Balaban J connectivity index is 2.46. The van der Waals surface area contributed by atoms with Crippen LogP contribution in [0.3, 0.4) is 0 Å². The second-order valence-corrected chi connectivity index (χ2v) is 5.19. The minimum Gasteiger partial charge on any atom is -0.465 e. The molecule has 0 aromatic carbocycles. The van der Waals surface area contributed by atoms with Gasteiger partial charge in [-0.1, -0.05) is 13.3 Å². The first kappa shape index (κ1) is 15.4. The van der Waals surface area contributed by atoms with Crippen LogP contribution in [-0.4, -0.2) is 50.2 Å². The van der Waals surface area contributed by atoms with Gasteiger partial charge in [0.05, 0.1) is 6.61 Å². The van der Waals surface area contributed by atoms with Gasteiger partial charge >= 0.3 is 5.97 Å². The lowest BCUT2D eigenvalue weighted by atomic mass is 9.96. The van der Waals surface area contributed by atoms with Gasteiger partial charge in [0.25, 0.3) is 0 Å². The van der Waals surface area contributed by atoms with Gasteiger partial charge in [0.2, 0.25) is 0 Å². The SMILES string of the molecule is CCCC(C(=O)OCC)N(C)CC1CCNCC1. The lowest BCUT2D eigenvalue weighted by molar-refractivity contribution is -0.149. The number of carbonyl (C=O) groups excluding carboxylic acids is 1. The summed E-state index contributed by atoms with van der Waals surface area (Å²) in [6.45, 7) is 7.68. The minimum atomic E-state index is -0.0650. The fourth-order valence-corrected chi connectivity index (χ4v) is 2.63. The summed E-state index contributed by atoms with van der Waals surface area (Å²) in [7, 11) is 2.05. The van der Waals surface area contributed by atoms with Crippen molar-refractivity contribution < 1.29 is 9.53 Å². The maximum absolute atomic E-state index is 11.9. The van der Waals surface area contributed by atoms with E-state index in [0.29, 0.717) is 12.5 Å². The highest BCUT2D eigenvalue weighted by Gasteiger charge is 2.26. The molecular weight excluding hydrogens is 228 g/mol. The molecule has 4 heteroatoms. The molecule has 1 N–H and O–H groups in total. The third kappa shape index (κ3) is 4.94. The number of carbonyl (C=O) groups is 1. The molecule has 1 aliphatic heterocycles. The Kier molecular flexibility index (Phi) is 7.28. The molecule has 18 heavy (non-hydrogen) atoms. The smallest absolute Gasteiger partial charge is 0.323 e. The van der Waals surface area contributed by atoms with E-state index >= 15 is 0 Å². The molecule has 1 aliphatic rings. The lowest BCUT2D eigenvalue weighted by Crippen LogP contribution is -2.43. The number of piperidine rings is 1. The zero-order chi connectivity index (χ0) is 13.4. The van der Waals surface area contributed by atoms with E-state index in [9.17, 15) is 4.79 Å². The number of esters is 1. The van der Waals surface area contributed by atoms with E-state index < -0.39 is 0 Å². The normalized spacial score (nSPS) is 18.9. The van der Waals surface area contributed by atoms with Gasteiger partial charge in [-0.25, -0.2) is 0 Å². The Morgan fingerprint density at radius 2 is 2.06 bits per heavy atom. The van der Waals surface area contributed by atoms with Crippen molar-refractivity contribution in [3.05, 3.63) is 0 Å². The Morgan fingerprint density at radius 1 is 1.39 bits per heavy atom. The standard InChI is InChI=1S/C14H28N2O2/c1-4-6-13(14(17)18-5-2)16(3)11-12-7-9-15-10-8-12/h12-13,15H,4-11H2,1-3H3. The molecule has 0 saturated carbocycles. The van der Waals surface area contributed by atoms with Crippen LogP contribution in [0.15, 0.2) is 0 Å². The first-order valence-electron chi connectivity index (χ1n) is 7.26. The number of nitrogens with one attached hydrogen (secondary N) is 1. The molecule has 1 fully saturated rings. The predicted octanol–water partition coefficient (Wildman–Crippen LogP) is 1.65. The molecule has 1 heterocycles. The van der Waals surface area contributed by atoms with Gasteiger partial charge in [0, 0.05) is 6.54 Å². The summed E-state index contributed by atoms with van der Waals surface area (Å²) in [5.41, 5.74) is 0. The molecule has 0 radical (unpaired) electrons. The highest BCUT2D eigenvalue weighted by atomic mass is 16.5. The van der Waals surface area contributed by atoms with Crippen LogP contribution in [0.4, 0.5) is 0 Å². The van der Waals surface area contributed by atoms with Crippen LogP contribution < -0.4 is 5.32 Å². The van der Waals surface area contributed by atoms with Crippen LogP contribution in [0.5, 0.6) is 0 Å². The molecule has 4 nitrogen and oxygen atoms in total. The molecule has 0 amide bonds. The Labute approximate surface area is 111 Å². The molecule has 1 rings (SSSR count). The fourth-order valence-electron chi connectivity index (χ4n) is 2.63. The zero-order valence-electron chi connectivity index (χ0n) is 12.1. The van der Waals surface area contributed by atoms with Gasteiger partial charge in [0.15, 0.2) is 0 Å². The van der Waals surface area contributed by atoms with Crippen molar-refractivity contribution in [1.29, 1.82) is 0 Å². The summed E-state index contributed by atoms with van der Waals surface area (Å²) in [6.07, 6.45) is 4.33. The summed E-state index contributed by atoms with van der Waals surface area (Å²) in [5.74, 6) is 0.654. The molecule has 1 saturated heterocycles.